The van der Waals surface area contributed by atoms with Crippen molar-refractivity contribution in [2.45, 2.75) is 25.9 Å². The highest BCUT2D eigenvalue weighted by molar-refractivity contribution is 5.85. The normalized spacial score (nSPS) is 9.89. The minimum atomic E-state index is -0.207. The van der Waals surface area contributed by atoms with Crippen LogP contribution in [0.3, 0.4) is 0 Å². The van der Waals surface area contributed by atoms with Gasteiger partial charge in [0.05, 0.1) is 0 Å². The second-order valence-electron chi connectivity index (χ2n) is 4.78. The van der Waals surface area contributed by atoms with Crippen molar-refractivity contribution in [2.75, 3.05) is 0 Å². The first-order chi connectivity index (χ1) is 8.54. The molecule has 2 aromatic rings. The van der Waals surface area contributed by atoms with Crippen molar-refractivity contribution in [1.82, 2.24) is 0 Å². The SMILES string of the molecule is CC(C)(N)c1ccccc1.Cl.NCc1ccccc1. The first kappa shape index (κ1) is 17.6. The fourth-order valence-corrected chi connectivity index (χ4v) is 1.48. The molecule has 0 amide bonds. The van der Waals surface area contributed by atoms with Gasteiger partial charge >= 0.3 is 0 Å². The second-order valence-corrected chi connectivity index (χ2v) is 4.78. The molecule has 0 radical (unpaired) electrons. The minimum Gasteiger partial charge on any atom is -0.326 e. The number of hydrogen-bond donors (Lipinski definition) is 2. The lowest BCUT2D eigenvalue weighted by Crippen LogP contribution is -2.28. The van der Waals surface area contributed by atoms with Crippen molar-refractivity contribution >= 4 is 12.4 Å². The number of benzene rings is 2. The van der Waals surface area contributed by atoms with Gasteiger partial charge in [0.15, 0.2) is 0 Å². The van der Waals surface area contributed by atoms with Crippen LogP contribution in [0.5, 0.6) is 0 Å². The van der Waals surface area contributed by atoms with E-state index in [0.29, 0.717) is 6.54 Å². The molecule has 0 aromatic heterocycles. The molecule has 0 fully saturated rings. The molecule has 0 aliphatic carbocycles. The first-order valence-electron chi connectivity index (χ1n) is 6.12. The molecule has 4 N–H and O–H groups in total. The Balaban J connectivity index is 0.000000331. The van der Waals surface area contributed by atoms with Gasteiger partial charge in [-0.2, -0.15) is 0 Å². The van der Waals surface area contributed by atoms with E-state index in [9.17, 15) is 0 Å². The lowest BCUT2D eigenvalue weighted by molar-refractivity contribution is 0.554. The molecule has 0 saturated carbocycles. The summed E-state index contributed by atoms with van der Waals surface area (Å²) in [5.41, 5.74) is 13.4. The quantitative estimate of drug-likeness (QED) is 0.884. The van der Waals surface area contributed by atoms with E-state index in [0.717, 1.165) is 0 Å². The molecular formula is C16H23ClN2. The summed E-state index contributed by atoms with van der Waals surface area (Å²) in [5.74, 6) is 0. The molecular weight excluding hydrogens is 256 g/mol. The van der Waals surface area contributed by atoms with Crippen LogP contribution in [-0.2, 0) is 12.1 Å². The van der Waals surface area contributed by atoms with E-state index in [2.05, 4.69) is 0 Å². The highest BCUT2D eigenvalue weighted by Crippen LogP contribution is 2.14. The van der Waals surface area contributed by atoms with Gasteiger partial charge in [0.1, 0.15) is 0 Å². The summed E-state index contributed by atoms with van der Waals surface area (Å²) < 4.78 is 0. The molecule has 0 heterocycles. The summed E-state index contributed by atoms with van der Waals surface area (Å²) in [6.07, 6.45) is 0. The molecule has 2 aromatic carbocycles. The maximum absolute atomic E-state index is 5.86. The van der Waals surface area contributed by atoms with Gasteiger partial charge < -0.3 is 11.5 Å². The van der Waals surface area contributed by atoms with Crippen molar-refractivity contribution < 1.29 is 0 Å². The minimum absolute atomic E-state index is 0. The van der Waals surface area contributed by atoms with E-state index in [-0.39, 0.29) is 17.9 Å². The van der Waals surface area contributed by atoms with E-state index in [1.54, 1.807) is 0 Å². The highest BCUT2D eigenvalue weighted by atomic mass is 35.5. The number of hydrogen-bond acceptors (Lipinski definition) is 2. The Hall–Kier alpha value is -1.35. The Morgan fingerprint density at radius 2 is 1.26 bits per heavy atom. The van der Waals surface area contributed by atoms with Gasteiger partial charge in [-0.05, 0) is 25.0 Å². The Labute approximate surface area is 122 Å². The van der Waals surface area contributed by atoms with E-state index >= 15 is 0 Å². The largest absolute Gasteiger partial charge is 0.326 e. The molecule has 2 rings (SSSR count). The molecule has 0 bridgehead atoms. The lowest BCUT2D eigenvalue weighted by Gasteiger charge is -2.18. The van der Waals surface area contributed by atoms with Crippen LogP contribution in [0.2, 0.25) is 0 Å². The first-order valence-corrected chi connectivity index (χ1v) is 6.12. The molecule has 0 atom stereocenters. The second kappa shape index (κ2) is 8.70. The summed E-state index contributed by atoms with van der Waals surface area (Å²) >= 11 is 0. The van der Waals surface area contributed by atoms with Crippen LogP contribution < -0.4 is 11.5 Å². The highest BCUT2D eigenvalue weighted by Gasteiger charge is 2.11. The van der Waals surface area contributed by atoms with Gasteiger partial charge in [0.2, 0.25) is 0 Å². The summed E-state index contributed by atoms with van der Waals surface area (Å²) in [4.78, 5) is 0. The molecule has 104 valence electrons. The van der Waals surface area contributed by atoms with Gasteiger partial charge in [-0.25, -0.2) is 0 Å². The molecule has 0 aliphatic heterocycles. The van der Waals surface area contributed by atoms with Crippen molar-refractivity contribution in [2.24, 2.45) is 11.5 Å². The molecule has 0 spiro atoms. The van der Waals surface area contributed by atoms with Crippen LogP contribution in [-0.4, -0.2) is 0 Å². The van der Waals surface area contributed by atoms with Gasteiger partial charge in [-0.3, -0.25) is 0 Å². The van der Waals surface area contributed by atoms with Crippen LogP contribution in [0.25, 0.3) is 0 Å². The maximum Gasteiger partial charge on any atom is 0.0352 e. The zero-order valence-electron chi connectivity index (χ0n) is 11.5. The van der Waals surface area contributed by atoms with Gasteiger partial charge in [0.25, 0.3) is 0 Å². The fraction of sp³-hybridized carbons (Fsp3) is 0.250. The third kappa shape index (κ3) is 6.97. The Bertz CT molecular complexity index is 435. The third-order valence-corrected chi connectivity index (χ3v) is 2.60. The Morgan fingerprint density at radius 1 is 0.842 bits per heavy atom. The Kier molecular flexibility index (Phi) is 8.08. The van der Waals surface area contributed by atoms with Gasteiger partial charge in [-0.15, -0.1) is 12.4 Å². The zero-order chi connectivity index (χ0) is 13.4. The van der Waals surface area contributed by atoms with Crippen LogP contribution >= 0.6 is 12.4 Å². The fourth-order valence-electron chi connectivity index (χ4n) is 1.48. The number of halogens is 1. The van der Waals surface area contributed by atoms with E-state index < -0.39 is 0 Å². The van der Waals surface area contributed by atoms with Crippen molar-refractivity contribution in [1.29, 1.82) is 0 Å². The average Bonchev–Trinajstić information content (AvgIpc) is 2.40. The monoisotopic (exact) mass is 278 g/mol. The standard InChI is InChI=1S/C9H13N.C7H9N.ClH/c1-9(2,10)8-6-4-3-5-7-8;8-6-7-4-2-1-3-5-7;/h3-7H,10H2,1-2H3;1-5H,6,8H2;1H. The van der Waals surface area contributed by atoms with Crippen LogP contribution in [0.1, 0.15) is 25.0 Å². The van der Waals surface area contributed by atoms with Gasteiger partial charge in [0, 0.05) is 12.1 Å². The molecule has 0 unspecified atom stereocenters. The molecule has 19 heavy (non-hydrogen) atoms. The molecule has 0 aliphatic rings. The Morgan fingerprint density at radius 3 is 1.53 bits per heavy atom. The van der Waals surface area contributed by atoms with Gasteiger partial charge in [-0.1, -0.05) is 60.7 Å². The third-order valence-electron chi connectivity index (χ3n) is 2.60. The van der Waals surface area contributed by atoms with Crippen molar-refractivity contribution in [3.05, 3.63) is 71.8 Å². The van der Waals surface area contributed by atoms with E-state index in [1.807, 2.05) is 74.5 Å². The van der Waals surface area contributed by atoms with Crippen molar-refractivity contribution in [3.8, 4) is 0 Å². The zero-order valence-corrected chi connectivity index (χ0v) is 12.4. The smallest absolute Gasteiger partial charge is 0.0352 e. The predicted molar refractivity (Wildman–Crippen MR) is 85.2 cm³/mol. The molecule has 0 saturated heterocycles. The predicted octanol–water partition coefficient (Wildman–Crippen LogP) is 3.45. The molecule has 3 heteroatoms. The van der Waals surface area contributed by atoms with E-state index in [1.165, 1.54) is 11.1 Å². The van der Waals surface area contributed by atoms with Crippen LogP contribution in [0.15, 0.2) is 60.7 Å². The van der Waals surface area contributed by atoms with Crippen LogP contribution in [0, 0.1) is 0 Å². The van der Waals surface area contributed by atoms with Crippen molar-refractivity contribution in [3.63, 3.8) is 0 Å². The maximum atomic E-state index is 5.86. The summed E-state index contributed by atoms with van der Waals surface area (Å²) in [6, 6.07) is 20.1. The average molecular weight is 279 g/mol. The number of rotatable bonds is 2. The summed E-state index contributed by atoms with van der Waals surface area (Å²) in [7, 11) is 0. The summed E-state index contributed by atoms with van der Waals surface area (Å²) in [6.45, 7) is 4.64. The lowest BCUT2D eigenvalue weighted by atomic mass is 9.96. The van der Waals surface area contributed by atoms with E-state index in [4.69, 9.17) is 11.5 Å². The number of nitrogens with two attached hydrogens (primary N) is 2. The van der Waals surface area contributed by atoms with Crippen LogP contribution in [0.4, 0.5) is 0 Å². The summed E-state index contributed by atoms with van der Waals surface area (Å²) in [5, 5.41) is 0. The topological polar surface area (TPSA) is 52.0 Å². The molecule has 2 nitrogen and oxygen atoms in total.